The Morgan fingerprint density at radius 3 is 2.95 bits per heavy atom. The van der Waals surface area contributed by atoms with Crippen LogP contribution in [-0.2, 0) is 12.8 Å². The number of aryl methyl sites for hydroxylation is 1. The standard InChI is InChI=1S/C18H22N2/c1-13-6-5-11-20(12-13)18-14-7-2-3-9-16(14)19-17-10-4-8-15(17)18/h2-3,7,9,13H,4-6,8,10-12H2,1H3. The van der Waals surface area contributed by atoms with Crippen molar-refractivity contribution in [3.05, 3.63) is 35.5 Å². The number of nitrogens with zero attached hydrogens (tertiary/aromatic N) is 2. The molecule has 20 heavy (non-hydrogen) atoms. The van der Waals surface area contributed by atoms with Gasteiger partial charge in [-0.05, 0) is 49.7 Å². The first kappa shape index (κ1) is 12.2. The summed E-state index contributed by atoms with van der Waals surface area (Å²) in [5.74, 6) is 0.813. The third kappa shape index (κ3) is 1.90. The summed E-state index contributed by atoms with van der Waals surface area (Å²) < 4.78 is 0. The predicted molar refractivity (Wildman–Crippen MR) is 84.4 cm³/mol. The Hall–Kier alpha value is -1.57. The second kappa shape index (κ2) is 4.76. The zero-order valence-corrected chi connectivity index (χ0v) is 12.2. The molecule has 2 nitrogen and oxygen atoms in total. The van der Waals surface area contributed by atoms with E-state index in [0.29, 0.717) is 0 Å². The molecule has 2 heterocycles. The zero-order chi connectivity index (χ0) is 13.5. The number of fused-ring (bicyclic) bond motifs is 2. The van der Waals surface area contributed by atoms with Gasteiger partial charge in [-0.25, -0.2) is 0 Å². The molecule has 1 aromatic carbocycles. The van der Waals surface area contributed by atoms with Crippen molar-refractivity contribution in [2.75, 3.05) is 18.0 Å². The Balaban J connectivity index is 1.92. The number of aromatic nitrogens is 1. The van der Waals surface area contributed by atoms with Crippen molar-refractivity contribution < 1.29 is 0 Å². The SMILES string of the molecule is CC1CCCN(c2c3c(nc4ccccc24)CCC3)C1. The number of hydrogen-bond acceptors (Lipinski definition) is 2. The average Bonchev–Trinajstić information content (AvgIpc) is 2.92. The highest BCUT2D eigenvalue weighted by Crippen LogP contribution is 2.38. The molecule has 0 N–H and O–H groups in total. The Bertz CT molecular complexity index is 647. The van der Waals surface area contributed by atoms with Gasteiger partial charge in [-0.1, -0.05) is 25.1 Å². The summed E-state index contributed by atoms with van der Waals surface area (Å²) in [6.07, 6.45) is 6.35. The number of para-hydroxylation sites is 1. The van der Waals surface area contributed by atoms with Crippen LogP contribution in [0, 0.1) is 5.92 Å². The van der Waals surface area contributed by atoms with Crippen LogP contribution in [0.4, 0.5) is 5.69 Å². The van der Waals surface area contributed by atoms with E-state index in [2.05, 4.69) is 36.1 Å². The van der Waals surface area contributed by atoms with Crippen LogP contribution in [0.15, 0.2) is 24.3 Å². The van der Waals surface area contributed by atoms with Gasteiger partial charge in [0, 0.05) is 24.2 Å². The lowest BCUT2D eigenvalue weighted by Crippen LogP contribution is -2.35. The summed E-state index contributed by atoms with van der Waals surface area (Å²) in [7, 11) is 0. The smallest absolute Gasteiger partial charge is 0.0726 e. The average molecular weight is 266 g/mol. The van der Waals surface area contributed by atoms with E-state index >= 15 is 0 Å². The van der Waals surface area contributed by atoms with Crippen molar-refractivity contribution in [3.8, 4) is 0 Å². The quantitative estimate of drug-likeness (QED) is 0.776. The Kier molecular flexibility index (Phi) is 2.90. The minimum Gasteiger partial charge on any atom is -0.370 e. The molecule has 1 aliphatic heterocycles. The van der Waals surface area contributed by atoms with E-state index in [-0.39, 0.29) is 0 Å². The fourth-order valence-corrected chi connectivity index (χ4v) is 3.94. The molecule has 1 unspecified atom stereocenters. The van der Waals surface area contributed by atoms with Crippen LogP contribution in [0.5, 0.6) is 0 Å². The molecule has 2 heteroatoms. The Labute approximate surface area is 120 Å². The number of benzene rings is 1. The van der Waals surface area contributed by atoms with Gasteiger partial charge in [-0.3, -0.25) is 4.98 Å². The summed E-state index contributed by atoms with van der Waals surface area (Å²) in [6, 6.07) is 8.70. The molecule has 0 bridgehead atoms. The largest absolute Gasteiger partial charge is 0.370 e. The number of rotatable bonds is 1. The maximum Gasteiger partial charge on any atom is 0.0726 e. The monoisotopic (exact) mass is 266 g/mol. The van der Waals surface area contributed by atoms with Gasteiger partial charge < -0.3 is 4.90 Å². The third-order valence-corrected chi connectivity index (χ3v) is 4.86. The fraction of sp³-hybridized carbons (Fsp3) is 0.500. The predicted octanol–water partition coefficient (Wildman–Crippen LogP) is 3.96. The minimum absolute atomic E-state index is 0.813. The molecule has 2 aromatic rings. The number of anilines is 1. The van der Waals surface area contributed by atoms with Crippen LogP contribution in [0.3, 0.4) is 0 Å². The lowest BCUT2D eigenvalue weighted by molar-refractivity contribution is 0.447. The topological polar surface area (TPSA) is 16.1 Å². The maximum atomic E-state index is 4.90. The van der Waals surface area contributed by atoms with Gasteiger partial charge in [0.25, 0.3) is 0 Å². The molecule has 1 atom stereocenters. The first-order valence-electron chi connectivity index (χ1n) is 7.98. The lowest BCUT2D eigenvalue weighted by atomic mass is 9.97. The molecule has 0 spiro atoms. The van der Waals surface area contributed by atoms with Crippen LogP contribution >= 0.6 is 0 Å². The summed E-state index contributed by atoms with van der Waals surface area (Å²) >= 11 is 0. The van der Waals surface area contributed by atoms with E-state index in [4.69, 9.17) is 4.98 Å². The van der Waals surface area contributed by atoms with Crippen molar-refractivity contribution in [1.29, 1.82) is 0 Å². The van der Waals surface area contributed by atoms with Gasteiger partial charge in [0.05, 0.1) is 11.2 Å². The second-order valence-electron chi connectivity index (χ2n) is 6.45. The van der Waals surface area contributed by atoms with E-state index in [1.165, 1.54) is 66.6 Å². The highest BCUT2D eigenvalue weighted by molar-refractivity contribution is 5.94. The molecule has 2 aliphatic rings. The van der Waals surface area contributed by atoms with Crippen molar-refractivity contribution in [3.63, 3.8) is 0 Å². The van der Waals surface area contributed by atoms with Crippen molar-refractivity contribution in [2.45, 2.75) is 39.0 Å². The fourth-order valence-electron chi connectivity index (χ4n) is 3.94. The number of hydrogen-bond donors (Lipinski definition) is 0. The summed E-state index contributed by atoms with van der Waals surface area (Å²) in [6.45, 7) is 4.81. The van der Waals surface area contributed by atoms with Gasteiger partial charge in [0.2, 0.25) is 0 Å². The van der Waals surface area contributed by atoms with Gasteiger partial charge in [-0.2, -0.15) is 0 Å². The molecule has 1 aliphatic carbocycles. The third-order valence-electron chi connectivity index (χ3n) is 4.86. The molecular weight excluding hydrogens is 244 g/mol. The van der Waals surface area contributed by atoms with Gasteiger partial charge in [0.15, 0.2) is 0 Å². The zero-order valence-electron chi connectivity index (χ0n) is 12.2. The molecule has 0 radical (unpaired) electrons. The molecule has 0 saturated carbocycles. The van der Waals surface area contributed by atoms with Gasteiger partial charge in [0.1, 0.15) is 0 Å². The van der Waals surface area contributed by atoms with E-state index in [9.17, 15) is 0 Å². The molecule has 4 rings (SSSR count). The van der Waals surface area contributed by atoms with E-state index < -0.39 is 0 Å². The van der Waals surface area contributed by atoms with Gasteiger partial charge in [-0.15, -0.1) is 0 Å². The highest BCUT2D eigenvalue weighted by Gasteiger charge is 2.25. The molecule has 1 aromatic heterocycles. The normalized spacial score (nSPS) is 22.2. The minimum atomic E-state index is 0.813. The van der Waals surface area contributed by atoms with E-state index in [0.717, 1.165) is 12.3 Å². The Morgan fingerprint density at radius 2 is 2.05 bits per heavy atom. The van der Waals surface area contributed by atoms with Crippen LogP contribution in [0.25, 0.3) is 10.9 Å². The summed E-state index contributed by atoms with van der Waals surface area (Å²) in [5, 5.41) is 1.36. The van der Waals surface area contributed by atoms with Crippen molar-refractivity contribution in [2.24, 2.45) is 5.92 Å². The van der Waals surface area contributed by atoms with Crippen LogP contribution in [-0.4, -0.2) is 18.1 Å². The molecule has 104 valence electrons. The van der Waals surface area contributed by atoms with Crippen LogP contribution < -0.4 is 4.90 Å². The maximum absolute atomic E-state index is 4.90. The van der Waals surface area contributed by atoms with Crippen LogP contribution in [0.2, 0.25) is 0 Å². The van der Waals surface area contributed by atoms with Crippen LogP contribution in [0.1, 0.15) is 37.4 Å². The summed E-state index contributed by atoms with van der Waals surface area (Å²) in [5.41, 5.74) is 5.59. The highest BCUT2D eigenvalue weighted by atomic mass is 15.1. The molecule has 1 fully saturated rings. The summed E-state index contributed by atoms with van der Waals surface area (Å²) in [4.78, 5) is 7.54. The van der Waals surface area contributed by atoms with Crippen molar-refractivity contribution >= 4 is 16.6 Å². The Morgan fingerprint density at radius 1 is 1.15 bits per heavy atom. The molecular formula is C18H22N2. The number of pyridine rings is 1. The van der Waals surface area contributed by atoms with Gasteiger partial charge >= 0.3 is 0 Å². The first-order chi connectivity index (χ1) is 9.83. The second-order valence-corrected chi connectivity index (χ2v) is 6.45. The van der Waals surface area contributed by atoms with Crippen molar-refractivity contribution in [1.82, 2.24) is 4.98 Å². The molecule has 0 amide bonds. The first-order valence-corrected chi connectivity index (χ1v) is 7.98. The van der Waals surface area contributed by atoms with E-state index in [1.807, 2.05) is 0 Å². The lowest BCUT2D eigenvalue weighted by Gasteiger charge is -2.35. The molecule has 1 saturated heterocycles. The van der Waals surface area contributed by atoms with E-state index in [1.54, 1.807) is 0 Å². The number of piperidine rings is 1.